The third-order valence-electron chi connectivity index (χ3n) is 1.78. The SMILES string of the molecule is Fc1ccc(Cc2cnco2)cc1. The average molecular weight is 177 g/mol. The fourth-order valence-electron chi connectivity index (χ4n) is 1.13. The van der Waals surface area contributed by atoms with Crippen LogP contribution in [0.2, 0.25) is 0 Å². The van der Waals surface area contributed by atoms with Crippen LogP contribution in [0.4, 0.5) is 4.39 Å². The van der Waals surface area contributed by atoms with Gasteiger partial charge in [-0.05, 0) is 17.7 Å². The molecule has 2 rings (SSSR count). The van der Waals surface area contributed by atoms with E-state index in [9.17, 15) is 4.39 Å². The molecular formula is C10H8FNO. The number of halogens is 1. The van der Waals surface area contributed by atoms with Crippen molar-refractivity contribution in [2.24, 2.45) is 0 Å². The monoisotopic (exact) mass is 177 g/mol. The van der Waals surface area contributed by atoms with E-state index < -0.39 is 0 Å². The van der Waals surface area contributed by atoms with E-state index >= 15 is 0 Å². The number of rotatable bonds is 2. The summed E-state index contributed by atoms with van der Waals surface area (Å²) in [5.74, 6) is 0.563. The van der Waals surface area contributed by atoms with E-state index in [-0.39, 0.29) is 5.82 Å². The molecule has 0 N–H and O–H groups in total. The molecule has 0 saturated heterocycles. The molecule has 0 aliphatic carbocycles. The van der Waals surface area contributed by atoms with Crippen LogP contribution in [0.25, 0.3) is 0 Å². The van der Waals surface area contributed by atoms with Gasteiger partial charge in [-0.1, -0.05) is 12.1 Å². The standard InChI is InChI=1S/C10H8FNO/c11-9-3-1-8(2-4-9)5-10-6-12-7-13-10/h1-4,6-7H,5H2. The molecule has 0 fully saturated rings. The summed E-state index contributed by atoms with van der Waals surface area (Å²) < 4.78 is 17.6. The van der Waals surface area contributed by atoms with Gasteiger partial charge < -0.3 is 4.42 Å². The highest BCUT2D eigenvalue weighted by atomic mass is 19.1. The minimum atomic E-state index is -0.221. The first-order chi connectivity index (χ1) is 6.34. The maximum absolute atomic E-state index is 12.5. The zero-order chi connectivity index (χ0) is 9.10. The molecule has 3 heteroatoms. The predicted molar refractivity (Wildman–Crippen MR) is 45.7 cm³/mol. The number of aromatic nitrogens is 1. The summed E-state index contributed by atoms with van der Waals surface area (Å²) in [6.45, 7) is 0. The van der Waals surface area contributed by atoms with E-state index in [2.05, 4.69) is 4.98 Å². The molecule has 0 saturated carbocycles. The molecule has 0 spiro atoms. The Labute approximate surface area is 75.0 Å². The molecule has 2 nitrogen and oxygen atoms in total. The van der Waals surface area contributed by atoms with Crippen LogP contribution in [-0.4, -0.2) is 4.98 Å². The highest BCUT2D eigenvalue weighted by Crippen LogP contribution is 2.09. The largest absolute Gasteiger partial charge is 0.448 e. The molecule has 1 aromatic heterocycles. The lowest BCUT2D eigenvalue weighted by atomic mass is 10.1. The molecule has 0 unspecified atom stereocenters. The van der Waals surface area contributed by atoms with Gasteiger partial charge in [0.15, 0.2) is 6.39 Å². The Morgan fingerprint density at radius 1 is 1.23 bits per heavy atom. The Morgan fingerprint density at radius 2 is 2.00 bits per heavy atom. The minimum Gasteiger partial charge on any atom is -0.448 e. The quantitative estimate of drug-likeness (QED) is 0.704. The Kier molecular flexibility index (Phi) is 2.08. The predicted octanol–water partition coefficient (Wildman–Crippen LogP) is 2.40. The van der Waals surface area contributed by atoms with Crippen LogP contribution < -0.4 is 0 Å². The van der Waals surface area contributed by atoms with Gasteiger partial charge in [0, 0.05) is 6.42 Å². The maximum atomic E-state index is 12.5. The first kappa shape index (κ1) is 7.98. The number of nitrogens with zero attached hydrogens (tertiary/aromatic N) is 1. The van der Waals surface area contributed by atoms with Crippen molar-refractivity contribution in [3.8, 4) is 0 Å². The molecule has 0 amide bonds. The van der Waals surface area contributed by atoms with Crippen molar-refractivity contribution in [1.82, 2.24) is 4.98 Å². The van der Waals surface area contributed by atoms with Crippen LogP contribution in [0.3, 0.4) is 0 Å². The minimum absolute atomic E-state index is 0.221. The zero-order valence-electron chi connectivity index (χ0n) is 6.90. The summed E-state index contributed by atoms with van der Waals surface area (Å²) in [4.78, 5) is 3.80. The van der Waals surface area contributed by atoms with Gasteiger partial charge in [-0.25, -0.2) is 9.37 Å². The number of oxazole rings is 1. The number of hydrogen-bond donors (Lipinski definition) is 0. The van der Waals surface area contributed by atoms with Gasteiger partial charge in [0.05, 0.1) is 6.20 Å². The van der Waals surface area contributed by atoms with Crippen molar-refractivity contribution in [1.29, 1.82) is 0 Å². The van der Waals surface area contributed by atoms with Crippen molar-refractivity contribution in [2.75, 3.05) is 0 Å². The van der Waals surface area contributed by atoms with E-state index in [0.717, 1.165) is 11.3 Å². The van der Waals surface area contributed by atoms with E-state index in [4.69, 9.17) is 4.42 Å². The lowest BCUT2D eigenvalue weighted by Gasteiger charge is -1.96. The summed E-state index contributed by atoms with van der Waals surface area (Å²) in [6, 6.07) is 6.34. The fraction of sp³-hybridized carbons (Fsp3) is 0.100. The topological polar surface area (TPSA) is 26.0 Å². The molecule has 1 aromatic carbocycles. The van der Waals surface area contributed by atoms with Gasteiger partial charge >= 0.3 is 0 Å². The molecule has 0 radical (unpaired) electrons. The zero-order valence-corrected chi connectivity index (χ0v) is 6.90. The van der Waals surface area contributed by atoms with Gasteiger partial charge in [-0.2, -0.15) is 0 Å². The molecule has 1 heterocycles. The molecule has 0 aliphatic heterocycles. The van der Waals surface area contributed by atoms with E-state index in [1.807, 2.05) is 0 Å². The van der Waals surface area contributed by atoms with E-state index in [0.29, 0.717) is 6.42 Å². The van der Waals surface area contributed by atoms with Crippen LogP contribution in [0, 0.1) is 5.82 Å². The summed E-state index contributed by atoms with van der Waals surface area (Å²) in [7, 11) is 0. The summed E-state index contributed by atoms with van der Waals surface area (Å²) in [6.07, 6.45) is 3.70. The third kappa shape index (κ3) is 1.93. The second-order valence-corrected chi connectivity index (χ2v) is 2.77. The summed E-state index contributed by atoms with van der Waals surface area (Å²) in [5, 5.41) is 0. The smallest absolute Gasteiger partial charge is 0.180 e. The van der Waals surface area contributed by atoms with Crippen LogP contribution in [0.5, 0.6) is 0 Å². The molecule has 66 valence electrons. The van der Waals surface area contributed by atoms with Crippen molar-refractivity contribution in [3.05, 3.63) is 54.0 Å². The first-order valence-electron chi connectivity index (χ1n) is 3.96. The third-order valence-corrected chi connectivity index (χ3v) is 1.78. The highest BCUT2D eigenvalue weighted by molar-refractivity contribution is 5.20. The summed E-state index contributed by atoms with van der Waals surface area (Å²) >= 11 is 0. The average Bonchev–Trinajstić information content (AvgIpc) is 2.62. The second kappa shape index (κ2) is 3.39. The van der Waals surface area contributed by atoms with E-state index in [1.54, 1.807) is 18.3 Å². The molecule has 2 aromatic rings. The molecule has 0 bridgehead atoms. The van der Waals surface area contributed by atoms with Gasteiger partial charge in [0.1, 0.15) is 11.6 Å². The molecule has 0 aliphatic rings. The van der Waals surface area contributed by atoms with Crippen LogP contribution >= 0.6 is 0 Å². The molecule has 13 heavy (non-hydrogen) atoms. The van der Waals surface area contributed by atoms with Crippen molar-refractivity contribution in [3.63, 3.8) is 0 Å². The van der Waals surface area contributed by atoms with Gasteiger partial charge in [-0.3, -0.25) is 0 Å². The van der Waals surface area contributed by atoms with Crippen LogP contribution in [0.15, 0.2) is 41.3 Å². The van der Waals surface area contributed by atoms with Gasteiger partial charge in [-0.15, -0.1) is 0 Å². The normalized spacial score (nSPS) is 10.2. The van der Waals surface area contributed by atoms with Crippen LogP contribution in [0.1, 0.15) is 11.3 Å². The highest BCUT2D eigenvalue weighted by Gasteiger charge is 1.98. The Hall–Kier alpha value is -1.64. The Balaban J connectivity index is 2.15. The van der Waals surface area contributed by atoms with Crippen molar-refractivity contribution >= 4 is 0 Å². The first-order valence-corrected chi connectivity index (χ1v) is 3.96. The maximum Gasteiger partial charge on any atom is 0.180 e. The van der Waals surface area contributed by atoms with Gasteiger partial charge in [0.25, 0.3) is 0 Å². The molecule has 0 atom stereocenters. The van der Waals surface area contributed by atoms with Crippen LogP contribution in [-0.2, 0) is 6.42 Å². The van der Waals surface area contributed by atoms with Crippen molar-refractivity contribution in [2.45, 2.75) is 6.42 Å². The Morgan fingerprint density at radius 3 is 2.62 bits per heavy atom. The lowest BCUT2D eigenvalue weighted by Crippen LogP contribution is -1.85. The molecular weight excluding hydrogens is 169 g/mol. The number of hydrogen-bond acceptors (Lipinski definition) is 2. The fourth-order valence-corrected chi connectivity index (χ4v) is 1.13. The van der Waals surface area contributed by atoms with Crippen molar-refractivity contribution < 1.29 is 8.81 Å². The second-order valence-electron chi connectivity index (χ2n) is 2.77. The van der Waals surface area contributed by atoms with E-state index in [1.165, 1.54) is 18.5 Å². The van der Waals surface area contributed by atoms with Gasteiger partial charge in [0.2, 0.25) is 0 Å². The Bertz CT molecular complexity index is 366. The lowest BCUT2D eigenvalue weighted by molar-refractivity contribution is 0.514. The number of benzene rings is 1. The summed E-state index contributed by atoms with van der Waals surface area (Å²) in [5.41, 5.74) is 1.01.